The maximum absolute atomic E-state index is 14.0. The third-order valence-corrected chi connectivity index (χ3v) is 11.0. The normalized spacial score (nSPS) is 20.7. The number of piperidine rings is 2. The van der Waals surface area contributed by atoms with E-state index >= 15 is 0 Å². The summed E-state index contributed by atoms with van der Waals surface area (Å²) in [7, 11) is 1.36. The van der Waals surface area contributed by atoms with Crippen molar-refractivity contribution in [2.45, 2.75) is 63.0 Å². The van der Waals surface area contributed by atoms with Gasteiger partial charge in [0.25, 0.3) is 5.91 Å². The minimum absolute atomic E-state index is 0.0765. The van der Waals surface area contributed by atoms with Gasteiger partial charge in [0, 0.05) is 82.8 Å². The number of hydrogen-bond acceptors (Lipinski definition) is 8. The molecule has 16 heteroatoms. The highest BCUT2D eigenvalue weighted by molar-refractivity contribution is 7.10. The van der Waals surface area contributed by atoms with E-state index < -0.39 is 29.8 Å². The van der Waals surface area contributed by atoms with E-state index in [0.29, 0.717) is 51.6 Å². The fourth-order valence-corrected chi connectivity index (χ4v) is 8.36. The molecule has 3 N–H and O–H groups in total. The van der Waals surface area contributed by atoms with Gasteiger partial charge in [-0.2, -0.15) is 13.2 Å². The Hall–Kier alpha value is -3.27. The number of carbonyl (C=O) groups is 3. The number of alkyl halides is 3. The Balaban J connectivity index is 1.14. The standard InChI is InChI=1S/C32H41ClF3N7O4S/c1-37-28-23(32(34,35)36)16-20(17-24(28)33)18-26(29(44)41-9-2-21(3-10-41)40-13-7-38-8-14-40)47-31(46)42-11-4-22(5-12-42)43-19-27-25(6-15-48-27)39-30(43)45/h6,15-17,21-22,26,37-38H,2-5,7-14,18-19H2,1H3,(H,39,45)/t26-/m1/s1. The number of rotatable bonds is 7. The first-order valence-electron chi connectivity index (χ1n) is 16.4. The van der Waals surface area contributed by atoms with Crippen molar-refractivity contribution in [3.63, 3.8) is 0 Å². The van der Waals surface area contributed by atoms with Gasteiger partial charge in [-0.25, -0.2) is 9.59 Å². The van der Waals surface area contributed by atoms with Gasteiger partial charge in [0.05, 0.1) is 28.5 Å². The van der Waals surface area contributed by atoms with Crippen LogP contribution in [0.2, 0.25) is 5.02 Å². The predicted octanol–water partition coefficient (Wildman–Crippen LogP) is 4.92. The lowest BCUT2D eigenvalue weighted by Crippen LogP contribution is -2.54. The molecule has 0 spiro atoms. The zero-order chi connectivity index (χ0) is 34.0. The first-order valence-corrected chi connectivity index (χ1v) is 17.7. The molecule has 2 aromatic rings. The molecule has 0 saturated carbocycles. The van der Waals surface area contributed by atoms with Crippen LogP contribution in [0.4, 0.5) is 34.1 Å². The second-order valence-electron chi connectivity index (χ2n) is 12.7. The monoisotopic (exact) mass is 711 g/mol. The van der Waals surface area contributed by atoms with Crippen molar-refractivity contribution < 1.29 is 32.3 Å². The van der Waals surface area contributed by atoms with Crippen LogP contribution in [-0.2, 0) is 28.7 Å². The number of piperazine rings is 1. The minimum atomic E-state index is -4.69. The van der Waals surface area contributed by atoms with E-state index in [0.717, 1.165) is 55.7 Å². The van der Waals surface area contributed by atoms with Gasteiger partial charge < -0.3 is 35.4 Å². The summed E-state index contributed by atoms with van der Waals surface area (Å²) < 4.78 is 47.8. The van der Waals surface area contributed by atoms with Crippen molar-refractivity contribution in [1.82, 2.24) is 24.9 Å². The molecule has 11 nitrogen and oxygen atoms in total. The lowest BCUT2D eigenvalue weighted by Gasteiger charge is -2.41. The van der Waals surface area contributed by atoms with Gasteiger partial charge in [-0.3, -0.25) is 9.69 Å². The Morgan fingerprint density at radius 2 is 1.71 bits per heavy atom. The molecular formula is C32H41ClF3N7O4S. The number of anilines is 2. The SMILES string of the molecule is CNc1c(Cl)cc(C[C@@H](OC(=O)N2CCC(N3Cc4sccc4NC3=O)CC2)C(=O)N2CCC(N3CCNCC3)CC2)cc1C(F)(F)F. The Bertz CT molecular complexity index is 1490. The molecule has 262 valence electrons. The fraction of sp³-hybridized carbons (Fsp3) is 0.594. The van der Waals surface area contributed by atoms with Crippen LogP contribution in [0.5, 0.6) is 0 Å². The third kappa shape index (κ3) is 7.63. The topological polar surface area (TPSA) is 109 Å². The first kappa shape index (κ1) is 34.6. The van der Waals surface area contributed by atoms with E-state index in [1.807, 2.05) is 11.4 Å². The molecule has 3 fully saturated rings. The van der Waals surface area contributed by atoms with Gasteiger partial charge in [0.1, 0.15) is 0 Å². The predicted molar refractivity (Wildman–Crippen MR) is 177 cm³/mol. The molecule has 4 amide bonds. The van der Waals surface area contributed by atoms with Crippen LogP contribution >= 0.6 is 22.9 Å². The number of ether oxygens (including phenoxy) is 1. The quantitative estimate of drug-likeness (QED) is 0.375. The van der Waals surface area contributed by atoms with Gasteiger partial charge >= 0.3 is 18.3 Å². The van der Waals surface area contributed by atoms with Crippen molar-refractivity contribution in [2.75, 3.05) is 70.0 Å². The molecule has 0 bridgehead atoms. The van der Waals surface area contributed by atoms with Crippen LogP contribution in [-0.4, -0.2) is 115 Å². The summed E-state index contributed by atoms with van der Waals surface area (Å²) in [6.45, 7) is 5.77. The second-order valence-corrected chi connectivity index (χ2v) is 14.1. The number of benzene rings is 1. The van der Waals surface area contributed by atoms with E-state index in [1.54, 1.807) is 21.1 Å². The molecule has 5 heterocycles. The van der Waals surface area contributed by atoms with E-state index in [4.69, 9.17) is 16.3 Å². The minimum Gasteiger partial charge on any atom is -0.436 e. The van der Waals surface area contributed by atoms with Crippen LogP contribution in [0.15, 0.2) is 23.6 Å². The number of nitrogens with zero attached hydrogens (tertiary/aromatic N) is 4. The van der Waals surface area contributed by atoms with Crippen LogP contribution in [0.25, 0.3) is 0 Å². The van der Waals surface area contributed by atoms with Crippen molar-refractivity contribution in [3.05, 3.63) is 44.6 Å². The highest BCUT2D eigenvalue weighted by Crippen LogP contribution is 2.40. The van der Waals surface area contributed by atoms with Crippen LogP contribution in [0, 0.1) is 0 Å². The summed E-state index contributed by atoms with van der Waals surface area (Å²) in [5, 5.41) is 10.6. The molecule has 0 radical (unpaired) electrons. The number of urea groups is 1. The summed E-state index contributed by atoms with van der Waals surface area (Å²) in [6, 6.07) is 4.31. The lowest BCUT2D eigenvalue weighted by molar-refractivity contribution is -0.142. The van der Waals surface area contributed by atoms with Crippen molar-refractivity contribution in [2.24, 2.45) is 0 Å². The molecular weight excluding hydrogens is 671 g/mol. The molecule has 0 aliphatic carbocycles. The lowest BCUT2D eigenvalue weighted by atomic mass is 9.99. The molecule has 1 atom stereocenters. The van der Waals surface area contributed by atoms with Crippen LogP contribution in [0.1, 0.15) is 41.7 Å². The summed E-state index contributed by atoms with van der Waals surface area (Å²) >= 11 is 7.84. The van der Waals surface area contributed by atoms with E-state index in [2.05, 4.69) is 20.9 Å². The summed E-state index contributed by atoms with van der Waals surface area (Å²) in [6.07, 6.45) is -4.43. The molecule has 1 aromatic heterocycles. The second kappa shape index (κ2) is 14.7. The van der Waals surface area contributed by atoms with Gasteiger partial charge in [-0.05, 0) is 54.8 Å². The number of amides is 4. The Kier molecular flexibility index (Phi) is 10.6. The van der Waals surface area contributed by atoms with Crippen molar-refractivity contribution in [3.8, 4) is 0 Å². The molecule has 3 saturated heterocycles. The first-order chi connectivity index (χ1) is 23.0. The van der Waals surface area contributed by atoms with Gasteiger partial charge in [-0.1, -0.05) is 11.6 Å². The number of likely N-dealkylation sites (tertiary alicyclic amines) is 2. The maximum atomic E-state index is 14.0. The van der Waals surface area contributed by atoms with Gasteiger partial charge in [0.2, 0.25) is 0 Å². The molecule has 4 aliphatic heterocycles. The molecule has 1 aromatic carbocycles. The number of carbonyl (C=O) groups excluding carboxylic acids is 3. The average Bonchev–Trinajstić information content (AvgIpc) is 3.54. The van der Waals surface area contributed by atoms with Crippen LogP contribution in [0.3, 0.4) is 0 Å². The number of hydrogen-bond donors (Lipinski definition) is 3. The average molecular weight is 712 g/mol. The number of halogens is 4. The number of nitrogens with one attached hydrogen (secondary N) is 3. The molecule has 4 aliphatic rings. The third-order valence-electron chi connectivity index (χ3n) is 9.81. The Labute approximate surface area is 286 Å². The Morgan fingerprint density at radius 1 is 1.04 bits per heavy atom. The van der Waals surface area contributed by atoms with Crippen molar-refractivity contribution >= 4 is 52.3 Å². The largest absolute Gasteiger partial charge is 0.436 e. The molecule has 48 heavy (non-hydrogen) atoms. The summed E-state index contributed by atoms with van der Waals surface area (Å²) in [5.41, 5.74) is -0.255. The van der Waals surface area contributed by atoms with Crippen LogP contribution < -0.4 is 16.0 Å². The maximum Gasteiger partial charge on any atom is 0.418 e. The smallest absolute Gasteiger partial charge is 0.418 e. The number of fused-ring (bicyclic) bond motifs is 1. The summed E-state index contributed by atoms with van der Waals surface area (Å²) in [5.74, 6) is -0.434. The fourth-order valence-electron chi connectivity index (χ4n) is 7.19. The van der Waals surface area contributed by atoms with Gasteiger partial charge in [-0.15, -0.1) is 11.3 Å². The Morgan fingerprint density at radius 3 is 2.38 bits per heavy atom. The van der Waals surface area contributed by atoms with Gasteiger partial charge in [0.15, 0.2) is 6.10 Å². The van der Waals surface area contributed by atoms with E-state index in [9.17, 15) is 27.6 Å². The molecule has 0 unspecified atom stereocenters. The highest BCUT2D eigenvalue weighted by Gasteiger charge is 2.39. The highest BCUT2D eigenvalue weighted by atomic mass is 35.5. The zero-order valence-corrected chi connectivity index (χ0v) is 28.4. The van der Waals surface area contributed by atoms with E-state index in [-0.39, 0.29) is 34.8 Å². The number of thiophene rings is 1. The molecule has 6 rings (SSSR count). The summed E-state index contributed by atoms with van der Waals surface area (Å²) in [4.78, 5) is 48.7. The zero-order valence-electron chi connectivity index (χ0n) is 26.8. The van der Waals surface area contributed by atoms with Crippen molar-refractivity contribution in [1.29, 1.82) is 0 Å². The van der Waals surface area contributed by atoms with E-state index in [1.165, 1.54) is 18.0 Å².